The highest BCUT2D eigenvalue weighted by atomic mass is 15.3. The second kappa shape index (κ2) is 6.87. The number of nitrogens with one attached hydrogen (secondary N) is 1. The van der Waals surface area contributed by atoms with E-state index in [1.807, 2.05) is 29.1 Å². The lowest BCUT2D eigenvalue weighted by Crippen LogP contribution is -2.45. The second-order valence-electron chi connectivity index (χ2n) is 5.69. The summed E-state index contributed by atoms with van der Waals surface area (Å²) < 4.78 is 1.96. The summed E-state index contributed by atoms with van der Waals surface area (Å²) >= 11 is 0. The normalized spacial score (nSPS) is 19.0. The van der Waals surface area contributed by atoms with Gasteiger partial charge < -0.3 is 5.32 Å². The quantitative estimate of drug-likeness (QED) is 0.915. The Bertz CT molecular complexity index is 543. The van der Waals surface area contributed by atoms with Crippen LogP contribution in [0.1, 0.15) is 25.3 Å². The van der Waals surface area contributed by atoms with Gasteiger partial charge in [-0.2, -0.15) is 5.10 Å². The van der Waals surface area contributed by atoms with E-state index in [0.717, 1.165) is 25.3 Å². The van der Waals surface area contributed by atoms with E-state index in [0.29, 0.717) is 6.04 Å². The Balaban J connectivity index is 1.68. The molecule has 0 radical (unpaired) electrons. The summed E-state index contributed by atoms with van der Waals surface area (Å²) in [5, 5.41) is 8.00. The summed E-state index contributed by atoms with van der Waals surface area (Å²) in [5.41, 5.74) is 2.40. The molecule has 21 heavy (non-hydrogen) atoms. The maximum absolute atomic E-state index is 4.49. The van der Waals surface area contributed by atoms with Crippen molar-refractivity contribution in [3.63, 3.8) is 0 Å². The van der Waals surface area contributed by atoms with Gasteiger partial charge in [-0.3, -0.25) is 4.90 Å². The summed E-state index contributed by atoms with van der Waals surface area (Å²) in [5.74, 6) is 0. The summed E-state index contributed by atoms with van der Waals surface area (Å²) in [7, 11) is 0. The largest absolute Gasteiger partial charge is 0.315 e. The van der Waals surface area contributed by atoms with Gasteiger partial charge in [0.1, 0.15) is 0 Å². The zero-order valence-corrected chi connectivity index (χ0v) is 12.7. The fourth-order valence-corrected chi connectivity index (χ4v) is 3.04. The molecule has 1 fully saturated rings. The molecule has 1 unspecified atom stereocenters. The molecule has 1 aliphatic rings. The summed E-state index contributed by atoms with van der Waals surface area (Å²) in [6, 6.07) is 10.9. The zero-order valence-electron chi connectivity index (χ0n) is 12.7. The molecule has 1 saturated heterocycles. The van der Waals surface area contributed by atoms with Crippen LogP contribution in [-0.4, -0.2) is 40.4 Å². The van der Waals surface area contributed by atoms with Crippen molar-refractivity contribution in [3.05, 3.63) is 48.3 Å². The Labute approximate surface area is 126 Å². The molecule has 1 aromatic heterocycles. The molecule has 1 N–H and O–H groups in total. The molecule has 4 heteroatoms. The minimum atomic E-state index is 0.656. The van der Waals surface area contributed by atoms with Crippen molar-refractivity contribution in [2.45, 2.75) is 32.4 Å². The van der Waals surface area contributed by atoms with Crippen LogP contribution >= 0.6 is 0 Å². The van der Waals surface area contributed by atoms with Crippen LogP contribution in [-0.2, 0) is 6.54 Å². The third kappa shape index (κ3) is 3.52. The van der Waals surface area contributed by atoms with E-state index < -0.39 is 0 Å². The number of aromatic nitrogens is 2. The number of nitrogens with zero attached hydrogens (tertiary/aromatic N) is 3. The fourth-order valence-electron chi connectivity index (χ4n) is 3.04. The predicted octanol–water partition coefficient (Wildman–Crippen LogP) is 2.45. The van der Waals surface area contributed by atoms with Crippen LogP contribution in [0.5, 0.6) is 0 Å². The number of likely N-dealkylation sites (N-methyl/N-ethyl adjacent to an activating group) is 1. The Morgan fingerprint density at radius 1 is 1.33 bits per heavy atom. The first-order chi connectivity index (χ1) is 10.4. The first-order valence-electron chi connectivity index (χ1n) is 7.90. The highest BCUT2D eigenvalue weighted by Crippen LogP contribution is 2.15. The van der Waals surface area contributed by atoms with Crippen molar-refractivity contribution in [1.82, 2.24) is 20.0 Å². The van der Waals surface area contributed by atoms with Crippen LogP contribution in [0.15, 0.2) is 42.7 Å². The van der Waals surface area contributed by atoms with Crippen LogP contribution in [0.4, 0.5) is 0 Å². The van der Waals surface area contributed by atoms with Crippen LogP contribution in [0.3, 0.4) is 0 Å². The average Bonchev–Trinajstić information content (AvgIpc) is 3.03. The van der Waals surface area contributed by atoms with E-state index in [9.17, 15) is 0 Å². The molecule has 0 saturated carbocycles. The predicted molar refractivity (Wildman–Crippen MR) is 85.5 cm³/mol. The fraction of sp³-hybridized carbons (Fsp3) is 0.471. The van der Waals surface area contributed by atoms with Gasteiger partial charge in [-0.25, -0.2) is 4.68 Å². The van der Waals surface area contributed by atoms with Gasteiger partial charge in [0.05, 0.1) is 11.9 Å². The van der Waals surface area contributed by atoms with Gasteiger partial charge in [-0.05, 0) is 38.1 Å². The van der Waals surface area contributed by atoms with E-state index in [1.165, 1.54) is 24.9 Å². The van der Waals surface area contributed by atoms with E-state index in [4.69, 9.17) is 0 Å². The Morgan fingerprint density at radius 3 is 2.90 bits per heavy atom. The van der Waals surface area contributed by atoms with Crippen molar-refractivity contribution in [1.29, 1.82) is 0 Å². The van der Waals surface area contributed by atoms with Gasteiger partial charge in [0, 0.05) is 30.9 Å². The molecule has 3 rings (SSSR count). The van der Waals surface area contributed by atoms with E-state index >= 15 is 0 Å². The lowest BCUT2D eigenvalue weighted by Gasteiger charge is -2.33. The number of piperidine rings is 1. The molecule has 1 atom stereocenters. The maximum atomic E-state index is 4.49. The number of benzene rings is 1. The molecule has 2 heterocycles. The molecular weight excluding hydrogens is 260 g/mol. The number of hydrogen-bond donors (Lipinski definition) is 1. The second-order valence-corrected chi connectivity index (χ2v) is 5.69. The third-order valence-electron chi connectivity index (χ3n) is 4.24. The third-order valence-corrected chi connectivity index (χ3v) is 4.24. The van der Waals surface area contributed by atoms with Crippen LogP contribution in [0.2, 0.25) is 0 Å². The molecule has 0 bridgehead atoms. The van der Waals surface area contributed by atoms with Gasteiger partial charge in [0.15, 0.2) is 0 Å². The van der Waals surface area contributed by atoms with Gasteiger partial charge in [0.2, 0.25) is 0 Å². The van der Waals surface area contributed by atoms with Crippen LogP contribution in [0, 0.1) is 0 Å². The van der Waals surface area contributed by atoms with Gasteiger partial charge in [-0.1, -0.05) is 25.1 Å². The van der Waals surface area contributed by atoms with E-state index in [2.05, 4.69) is 40.6 Å². The van der Waals surface area contributed by atoms with E-state index in [1.54, 1.807) is 0 Å². The Hall–Kier alpha value is -1.65. The topological polar surface area (TPSA) is 33.1 Å². The molecule has 0 aliphatic carbocycles. The van der Waals surface area contributed by atoms with Crippen LogP contribution < -0.4 is 5.32 Å². The molecule has 0 spiro atoms. The lowest BCUT2D eigenvalue weighted by atomic mass is 10.1. The summed E-state index contributed by atoms with van der Waals surface area (Å²) in [6.45, 7) is 6.59. The zero-order chi connectivity index (χ0) is 14.5. The van der Waals surface area contributed by atoms with Gasteiger partial charge in [0.25, 0.3) is 0 Å². The first-order valence-corrected chi connectivity index (χ1v) is 7.90. The van der Waals surface area contributed by atoms with Gasteiger partial charge >= 0.3 is 0 Å². The lowest BCUT2D eigenvalue weighted by molar-refractivity contribution is 0.166. The SMILES string of the molecule is CCN(Cc1cnn(-c2ccccc2)c1)C1CCCNC1. The average molecular weight is 284 g/mol. The van der Waals surface area contributed by atoms with Gasteiger partial charge in [-0.15, -0.1) is 0 Å². The minimum absolute atomic E-state index is 0.656. The molecule has 112 valence electrons. The number of para-hydroxylation sites is 1. The molecule has 1 aliphatic heterocycles. The maximum Gasteiger partial charge on any atom is 0.0645 e. The van der Waals surface area contributed by atoms with Crippen molar-refractivity contribution < 1.29 is 0 Å². The molecule has 2 aromatic rings. The molecule has 4 nitrogen and oxygen atoms in total. The van der Waals surface area contributed by atoms with Crippen molar-refractivity contribution in [3.8, 4) is 5.69 Å². The van der Waals surface area contributed by atoms with Crippen molar-refractivity contribution in [2.75, 3.05) is 19.6 Å². The highest BCUT2D eigenvalue weighted by molar-refractivity contribution is 5.30. The summed E-state index contributed by atoms with van der Waals surface area (Å²) in [4.78, 5) is 2.55. The number of hydrogen-bond acceptors (Lipinski definition) is 3. The standard InChI is InChI=1S/C17H24N4/c1-2-20(17-9-6-10-18-12-17)13-15-11-19-21(14-15)16-7-4-3-5-8-16/h3-5,7-8,11,14,17-18H,2,6,9-10,12-13H2,1H3. The number of rotatable bonds is 5. The van der Waals surface area contributed by atoms with E-state index in [-0.39, 0.29) is 0 Å². The Morgan fingerprint density at radius 2 is 2.19 bits per heavy atom. The Kier molecular flexibility index (Phi) is 4.68. The van der Waals surface area contributed by atoms with Crippen molar-refractivity contribution in [2.24, 2.45) is 0 Å². The molecular formula is C17H24N4. The summed E-state index contributed by atoms with van der Waals surface area (Å²) in [6.07, 6.45) is 6.72. The molecule has 0 amide bonds. The first kappa shape index (κ1) is 14.3. The van der Waals surface area contributed by atoms with Crippen molar-refractivity contribution >= 4 is 0 Å². The van der Waals surface area contributed by atoms with Crippen LogP contribution in [0.25, 0.3) is 5.69 Å². The molecule has 1 aromatic carbocycles. The highest BCUT2D eigenvalue weighted by Gasteiger charge is 2.20. The monoisotopic (exact) mass is 284 g/mol. The smallest absolute Gasteiger partial charge is 0.0645 e. The minimum Gasteiger partial charge on any atom is -0.315 e.